The van der Waals surface area contributed by atoms with Crippen molar-refractivity contribution in [2.75, 3.05) is 0 Å². The number of hydrogen-bond donors (Lipinski definition) is 3. The van der Waals surface area contributed by atoms with Crippen LogP contribution in [0.1, 0.15) is 35.6 Å². The number of fused-ring (bicyclic) bond motifs is 1. The summed E-state index contributed by atoms with van der Waals surface area (Å²) in [6.07, 6.45) is 4.61. The van der Waals surface area contributed by atoms with Gasteiger partial charge in [-0.1, -0.05) is 32.0 Å². The van der Waals surface area contributed by atoms with Crippen LogP contribution in [0.3, 0.4) is 0 Å². The molecule has 29 heavy (non-hydrogen) atoms. The molecule has 3 aromatic rings. The Kier molecular flexibility index (Phi) is 6.77. The summed E-state index contributed by atoms with van der Waals surface area (Å²) in [7, 11) is 0. The van der Waals surface area contributed by atoms with Gasteiger partial charge < -0.3 is 20.4 Å². The van der Waals surface area contributed by atoms with Crippen molar-refractivity contribution in [2.24, 2.45) is 5.92 Å². The fourth-order valence-electron chi connectivity index (χ4n) is 3.08. The standard InChI is InChI=1S/C21H24N4O3S/c1-13(2)7-17(20(27)24-16(11-26)9-15-10-22-12-23-15)25-21(28)19-8-14-5-3-4-6-18(14)29-19/h3-6,8,10-13,16-17H,7,9H2,1-2H3,(H,22,23)(H,24,27)(H,25,28)/t16-,17-/m0/s1. The van der Waals surface area contributed by atoms with Crippen LogP contribution in [0.2, 0.25) is 0 Å². The van der Waals surface area contributed by atoms with Gasteiger partial charge in [0.25, 0.3) is 5.91 Å². The van der Waals surface area contributed by atoms with Crippen LogP contribution in [-0.2, 0) is 16.0 Å². The topological polar surface area (TPSA) is 104 Å². The lowest BCUT2D eigenvalue weighted by Gasteiger charge is -2.22. The number of imidazole rings is 1. The van der Waals surface area contributed by atoms with Crippen LogP contribution in [0.4, 0.5) is 0 Å². The Labute approximate surface area is 172 Å². The molecule has 8 heteroatoms. The van der Waals surface area contributed by atoms with Crippen LogP contribution in [0.25, 0.3) is 10.1 Å². The van der Waals surface area contributed by atoms with Crippen molar-refractivity contribution in [3.63, 3.8) is 0 Å². The van der Waals surface area contributed by atoms with Crippen LogP contribution in [0, 0.1) is 5.92 Å². The third-order valence-corrected chi connectivity index (χ3v) is 5.58. The lowest BCUT2D eigenvalue weighted by atomic mass is 10.0. The first-order valence-corrected chi connectivity index (χ1v) is 10.3. The highest BCUT2D eigenvalue weighted by atomic mass is 32.1. The van der Waals surface area contributed by atoms with Crippen LogP contribution < -0.4 is 10.6 Å². The maximum atomic E-state index is 12.8. The SMILES string of the molecule is CC(C)C[C@H](NC(=O)c1cc2ccccc2s1)C(=O)N[C@H](C=O)Cc1cnc[nH]1. The Morgan fingerprint density at radius 3 is 2.69 bits per heavy atom. The second-order valence-corrected chi connectivity index (χ2v) is 8.42. The first-order chi connectivity index (χ1) is 14.0. The Morgan fingerprint density at radius 1 is 1.24 bits per heavy atom. The average Bonchev–Trinajstić information content (AvgIpc) is 3.35. The lowest BCUT2D eigenvalue weighted by Crippen LogP contribution is -2.51. The van der Waals surface area contributed by atoms with E-state index < -0.39 is 12.1 Å². The number of aromatic nitrogens is 2. The molecule has 0 bridgehead atoms. The third kappa shape index (κ3) is 5.51. The van der Waals surface area contributed by atoms with Gasteiger partial charge in [0.05, 0.1) is 17.2 Å². The molecule has 3 N–H and O–H groups in total. The molecule has 0 aliphatic carbocycles. The largest absolute Gasteiger partial charge is 0.348 e. The molecule has 2 atom stereocenters. The average molecular weight is 413 g/mol. The summed E-state index contributed by atoms with van der Waals surface area (Å²) in [6.45, 7) is 3.96. The highest BCUT2D eigenvalue weighted by molar-refractivity contribution is 7.20. The van der Waals surface area contributed by atoms with Crippen molar-refractivity contribution in [1.82, 2.24) is 20.6 Å². The minimum absolute atomic E-state index is 0.191. The number of amides is 2. The van der Waals surface area contributed by atoms with Gasteiger partial charge >= 0.3 is 0 Å². The molecule has 0 spiro atoms. The second-order valence-electron chi connectivity index (χ2n) is 7.34. The summed E-state index contributed by atoms with van der Waals surface area (Å²) in [6, 6.07) is 8.16. The predicted octanol–water partition coefficient (Wildman–Crippen LogP) is 2.70. The summed E-state index contributed by atoms with van der Waals surface area (Å²) >= 11 is 1.39. The Balaban J connectivity index is 1.69. The Bertz CT molecular complexity index is 948. The van der Waals surface area contributed by atoms with Gasteiger partial charge in [0.2, 0.25) is 5.91 Å². The Hall–Kier alpha value is -3.00. The molecule has 0 saturated carbocycles. The molecule has 0 fully saturated rings. The second kappa shape index (κ2) is 9.47. The van der Waals surface area contributed by atoms with Gasteiger partial charge in [0.15, 0.2) is 0 Å². The van der Waals surface area contributed by atoms with Gasteiger partial charge in [0, 0.05) is 23.0 Å². The molecule has 2 amide bonds. The number of aromatic amines is 1. The molecule has 0 saturated heterocycles. The van der Waals surface area contributed by atoms with Crippen molar-refractivity contribution < 1.29 is 14.4 Å². The highest BCUT2D eigenvalue weighted by Gasteiger charge is 2.25. The molecule has 2 aromatic heterocycles. The van der Waals surface area contributed by atoms with Crippen molar-refractivity contribution in [1.29, 1.82) is 0 Å². The van der Waals surface area contributed by atoms with Gasteiger partial charge in [-0.3, -0.25) is 9.59 Å². The van der Waals surface area contributed by atoms with E-state index in [-0.39, 0.29) is 17.7 Å². The molecule has 0 aliphatic heterocycles. The highest BCUT2D eigenvalue weighted by Crippen LogP contribution is 2.25. The fourth-order valence-corrected chi connectivity index (χ4v) is 4.04. The number of benzene rings is 1. The molecule has 7 nitrogen and oxygen atoms in total. The Morgan fingerprint density at radius 2 is 2.03 bits per heavy atom. The molecule has 2 heterocycles. The van der Waals surface area contributed by atoms with E-state index in [1.807, 2.05) is 44.2 Å². The molecule has 1 aromatic carbocycles. The molecule has 0 aliphatic rings. The fraction of sp³-hybridized carbons (Fsp3) is 0.333. The van der Waals surface area contributed by atoms with E-state index in [4.69, 9.17) is 0 Å². The van der Waals surface area contributed by atoms with E-state index in [2.05, 4.69) is 20.6 Å². The van der Waals surface area contributed by atoms with Crippen LogP contribution in [0.15, 0.2) is 42.9 Å². The number of carbonyl (C=O) groups is 3. The predicted molar refractivity (Wildman–Crippen MR) is 113 cm³/mol. The molecule has 3 rings (SSSR count). The summed E-state index contributed by atoms with van der Waals surface area (Å²) in [4.78, 5) is 44.4. The summed E-state index contributed by atoms with van der Waals surface area (Å²) in [5.41, 5.74) is 0.747. The summed E-state index contributed by atoms with van der Waals surface area (Å²) in [5, 5.41) is 6.56. The van der Waals surface area contributed by atoms with Crippen molar-refractivity contribution in [2.45, 2.75) is 38.8 Å². The number of aldehydes is 1. The zero-order chi connectivity index (χ0) is 20.8. The number of carbonyl (C=O) groups excluding carboxylic acids is 3. The van der Waals surface area contributed by atoms with E-state index in [9.17, 15) is 14.4 Å². The summed E-state index contributed by atoms with van der Waals surface area (Å²) < 4.78 is 1.02. The van der Waals surface area contributed by atoms with E-state index in [1.165, 1.54) is 17.7 Å². The minimum Gasteiger partial charge on any atom is -0.348 e. The first kappa shape index (κ1) is 20.7. The minimum atomic E-state index is -0.725. The van der Waals surface area contributed by atoms with Crippen molar-refractivity contribution in [3.05, 3.63) is 53.4 Å². The van der Waals surface area contributed by atoms with E-state index in [0.717, 1.165) is 15.8 Å². The third-order valence-electron chi connectivity index (χ3n) is 4.46. The van der Waals surface area contributed by atoms with Crippen LogP contribution in [-0.4, -0.2) is 40.2 Å². The van der Waals surface area contributed by atoms with E-state index in [1.54, 1.807) is 6.20 Å². The van der Waals surface area contributed by atoms with Gasteiger partial charge in [-0.15, -0.1) is 11.3 Å². The number of hydrogen-bond acceptors (Lipinski definition) is 5. The zero-order valence-corrected chi connectivity index (χ0v) is 17.2. The summed E-state index contributed by atoms with van der Waals surface area (Å²) in [5.74, 6) is -0.469. The molecular formula is C21H24N4O3S. The molecule has 0 radical (unpaired) electrons. The van der Waals surface area contributed by atoms with Crippen molar-refractivity contribution >= 4 is 39.5 Å². The smallest absolute Gasteiger partial charge is 0.262 e. The first-order valence-electron chi connectivity index (χ1n) is 9.48. The number of nitrogens with zero attached hydrogens (tertiary/aromatic N) is 1. The normalized spacial score (nSPS) is 13.2. The van der Waals surface area contributed by atoms with Gasteiger partial charge in [0.1, 0.15) is 12.3 Å². The van der Waals surface area contributed by atoms with Crippen LogP contribution >= 0.6 is 11.3 Å². The quantitative estimate of drug-likeness (QED) is 0.470. The number of H-pyrrole nitrogens is 1. The van der Waals surface area contributed by atoms with Gasteiger partial charge in [-0.05, 0) is 29.9 Å². The number of rotatable bonds is 9. The van der Waals surface area contributed by atoms with E-state index >= 15 is 0 Å². The van der Waals surface area contributed by atoms with Gasteiger partial charge in [-0.2, -0.15) is 0 Å². The monoisotopic (exact) mass is 412 g/mol. The lowest BCUT2D eigenvalue weighted by molar-refractivity contribution is -0.126. The maximum Gasteiger partial charge on any atom is 0.262 e. The maximum absolute atomic E-state index is 12.8. The number of nitrogens with one attached hydrogen (secondary N) is 3. The number of thiophene rings is 1. The van der Waals surface area contributed by atoms with Crippen molar-refractivity contribution in [3.8, 4) is 0 Å². The van der Waals surface area contributed by atoms with Gasteiger partial charge in [-0.25, -0.2) is 4.98 Å². The van der Waals surface area contributed by atoms with Crippen LogP contribution in [0.5, 0.6) is 0 Å². The molecule has 152 valence electrons. The zero-order valence-electron chi connectivity index (χ0n) is 16.3. The molecule has 0 unspecified atom stereocenters. The van der Waals surface area contributed by atoms with E-state index in [0.29, 0.717) is 24.0 Å². The molecular weight excluding hydrogens is 388 g/mol.